The molecule has 0 saturated carbocycles. The lowest BCUT2D eigenvalue weighted by Crippen LogP contribution is -2.53. The van der Waals surface area contributed by atoms with Gasteiger partial charge in [-0.2, -0.15) is 5.10 Å². The summed E-state index contributed by atoms with van der Waals surface area (Å²) in [5.74, 6) is -1.28. The first-order valence-corrected chi connectivity index (χ1v) is 5.50. The van der Waals surface area contributed by atoms with E-state index in [1.54, 1.807) is 35.8 Å². The molecule has 1 aliphatic rings. The second-order valence-corrected chi connectivity index (χ2v) is 4.47. The van der Waals surface area contributed by atoms with Gasteiger partial charge in [0.05, 0.1) is 5.92 Å². The number of aryl methyl sites for hydroxylation is 1. The van der Waals surface area contributed by atoms with Crippen molar-refractivity contribution in [2.75, 3.05) is 13.1 Å². The zero-order valence-electron chi connectivity index (χ0n) is 9.83. The van der Waals surface area contributed by atoms with E-state index in [0.29, 0.717) is 18.8 Å². The normalized spacial score (nSPS) is 17.6. The van der Waals surface area contributed by atoms with Crippen molar-refractivity contribution in [3.63, 3.8) is 0 Å². The predicted octanol–water partition coefficient (Wildman–Crippen LogP) is 0.213. The number of carbonyl (C=O) groups is 2. The SMILES string of the molecule is CC(C(=O)O)C1CN(C(=O)c2ccn(C)n2)C1. The number of carboxylic acids is 1. The van der Waals surface area contributed by atoms with Crippen molar-refractivity contribution < 1.29 is 14.7 Å². The van der Waals surface area contributed by atoms with E-state index in [-0.39, 0.29) is 11.8 Å². The van der Waals surface area contributed by atoms with Crippen LogP contribution in [0.4, 0.5) is 0 Å². The van der Waals surface area contributed by atoms with E-state index < -0.39 is 11.9 Å². The van der Waals surface area contributed by atoms with Gasteiger partial charge in [-0.05, 0) is 6.07 Å². The largest absolute Gasteiger partial charge is 0.481 e. The number of aromatic nitrogens is 2. The first-order valence-electron chi connectivity index (χ1n) is 5.50. The highest BCUT2D eigenvalue weighted by atomic mass is 16.4. The van der Waals surface area contributed by atoms with Crippen LogP contribution in [-0.4, -0.2) is 44.8 Å². The number of nitrogens with zero attached hydrogens (tertiary/aromatic N) is 3. The molecule has 1 atom stereocenters. The van der Waals surface area contributed by atoms with Gasteiger partial charge < -0.3 is 10.0 Å². The van der Waals surface area contributed by atoms with Crippen LogP contribution in [0.5, 0.6) is 0 Å². The van der Waals surface area contributed by atoms with Gasteiger partial charge in [0.15, 0.2) is 0 Å². The molecule has 0 bridgehead atoms. The highest BCUT2D eigenvalue weighted by molar-refractivity contribution is 5.92. The Hall–Kier alpha value is -1.85. The molecule has 92 valence electrons. The third-order valence-electron chi connectivity index (χ3n) is 3.23. The molecule has 1 unspecified atom stereocenters. The minimum atomic E-state index is -0.806. The smallest absolute Gasteiger partial charge is 0.306 e. The van der Waals surface area contributed by atoms with E-state index in [9.17, 15) is 9.59 Å². The molecule has 6 nitrogen and oxygen atoms in total. The van der Waals surface area contributed by atoms with Gasteiger partial charge in [-0.1, -0.05) is 6.92 Å². The number of hydrogen-bond acceptors (Lipinski definition) is 3. The molecule has 1 saturated heterocycles. The first kappa shape index (κ1) is 11.6. The van der Waals surface area contributed by atoms with E-state index in [2.05, 4.69) is 5.10 Å². The standard InChI is InChI=1S/C11H15N3O3/c1-7(11(16)17)8-5-14(6-8)10(15)9-3-4-13(2)12-9/h3-4,7-8H,5-6H2,1-2H3,(H,16,17). The molecule has 0 spiro atoms. The van der Waals surface area contributed by atoms with Crippen LogP contribution in [0.2, 0.25) is 0 Å². The van der Waals surface area contributed by atoms with Crippen molar-refractivity contribution >= 4 is 11.9 Å². The van der Waals surface area contributed by atoms with E-state index in [1.807, 2.05) is 0 Å². The Morgan fingerprint density at radius 1 is 1.53 bits per heavy atom. The molecular formula is C11H15N3O3. The van der Waals surface area contributed by atoms with E-state index in [0.717, 1.165) is 0 Å². The van der Waals surface area contributed by atoms with Crippen molar-refractivity contribution in [1.82, 2.24) is 14.7 Å². The van der Waals surface area contributed by atoms with Crippen LogP contribution in [0.25, 0.3) is 0 Å². The van der Waals surface area contributed by atoms with Crippen molar-refractivity contribution in [2.45, 2.75) is 6.92 Å². The van der Waals surface area contributed by atoms with Crippen molar-refractivity contribution in [2.24, 2.45) is 18.9 Å². The van der Waals surface area contributed by atoms with Crippen LogP contribution in [-0.2, 0) is 11.8 Å². The van der Waals surface area contributed by atoms with Gasteiger partial charge in [-0.3, -0.25) is 14.3 Å². The molecule has 0 aliphatic carbocycles. The van der Waals surface area contributed by atoms with E-state index in [4.69, 9.17) is 5.11 Å². The van der Waals surface area contributed by atoms with Crippen molar-refractivity contribution in [3.05, 3.63) is 18.0 Å². The molecule has 1 amide bonds. The molecule has 1 fully saturated rings. The second kappa shape index (κ2) is 4.20. The van der Waals surface area contributed by atoms with E-state index >= 15 is 0 Å². The average molecular weight is 237 g/mol. The van der Waals surface area contributed by atoms with Crippen molar-refractivity contribution in [1.29, 1.82) is 0 Å². The summed E-state index contributed by atoms with van der Waals surface area (Å²) in [7, 11) is 1.75. The maximum Gasteiger partial charge on any atom is 0.306 e. The zero-order chi connectivity index (χ0) is 12.6. The summed E-state index contributed by atoms with van der Waals surface area (Å²) >= 11 is 0. The Labute approximate surface area is 98.8 Å². The van der Waals surface area contributed by atoms with Gasteiger partial charge in [0.25, 0.3) is 5.91 Å². The minimum Gasteiger partial charge on any atom is -0.481 e. The average Bonchev–Trinajstić information content (AvgIpc) is 2.62. The third-order valence-corrected chi connectivity index (χ3v) is 3.23. The molecule has 1 aliphatic heterocycles. The van der Waals surface area contributed by atoms with Crippen LogP contribution < -0.4 is 0 Å². The minimum absolute atomic E-state index is 0.0557. The molecular weight excluding hydrogens is 222 g/mol. The Bertz CT molecular complexity index is 449. The van der Waals surface area contributed by atoms with Gasteiger partial charge in [0.1, 0.15) is 5.69 Å². The number of carbonyl (C=O) groups excluding carboxylic acids is 1. The van der Waals surface area contributed by atoms with Crippen LogP contribution >= 0.6 is 0 Å². The Morgan fingerprint density at radius 3 is 2.65 bits per heavy atom. The number of aliphatic carboxylic acids is 1. The summed E-state index contributed by atoms with van der Waals surface area (Å²) in [5.41, 5.74) is 0.411. The summed E-state index contributed by atoms with van der Waals surface area (Å²) in [5, 5.41) is 12.9. The summed E-state index contributed by atoms with van der Waals surface area (Å²) in [6, 6.07) is 1.66. The van der Waals surface area contributed by atoms with Gasteiger partial charge in [0.2, 0.25) is 0 Å². The molecule has 6 heteroatoms. The number of hydrogen-bond donors (Lipinski definition) is 1. The number of amides is 1. The summed E-state index contributed by atoms with van der Waals surface area (Å²) in [6.07, 6.45) is 1.71. The highest BCUT2D eigenvalue weighted by Crippen LogP contribution is 2.25. The fourth-order valence-corrected chi connectivity index (χ4v) is 1.89. The maximum atomic E-state index is 11.9. The molecule has 2 heterocycles. The fourth-order valence-electron chi connectivity index (χ4n) is 1.89. The van der Waals surface area contributed by atoms with Gasteiger partial charge in [-0.25, -0.2) is 0 Å². The second-order valence-electron chi connectivity index (χ2n) is 4.47. The number of rotatable bonds is 3. The molecule has 1 aromatic heterocycles. The highest BCUT2D eigenvalue weighted by Gasteiger charge is 2.37. The van der Waals surface area contributed by atoms with Gasteiger partial charge in [-0.15, -0.1) is 0 Å². The zero-order valence-corrected chi connectivity index (χ0v) is 9.83. The van der Waals surface area contributed by atoms with E-state index in [1.165, 1.54) is 0 Å². The fraction of sp³-hybridized carbons (Fsp3) is 0.545. The lowest BCUT2D eigenvalue weighted by molar-refractivity contribution is -0.144. The van der Waals surface area contributed by atoms with Gasteiger partial charge >= 0.3 is 5.97 Å². The van der Waals surface area contributed by atoms with Gasteiger partial charge in [0, 0.05) is 32.3 Å². The summed E-state index contributed by atoms with van der Waals surface area (Å²) < 4.78 is 1.57. The topological polar surface area (TPSA) is 75.4 Å². The Balaban J connectivity index is 1.92. The van der Waals surface area contributed by atoms with Crippen LogP contribution in [0.3, 0.4) is 0 Å². The number of carboxylic acid groups (broad SMARTS) is 1. The molecule has 17 heavy (non-hydrogen) atoms. The molecule has 1 N–H and O–H groups in total. The quantitative estimate of drug-likeness (QED) is 0.815. The molecule has 1 aromatic rings. The van der Waals surface area contributed by atoms with Crippen molar-refractivity contribution in [3.8, 4) is 0 Å². The molecule has 2 rings (SSSR count). The lowest BCUT2D eigenvalue weighted by Gasteiger charge is -2.40. The Morgan fingerprint density at radius 2 is 2.18 bits per heavy atom. The number of likely N-dealkylation sites (tertiary alicyclic amines) is 1. The van der Waals surface area contributed by atoms with Crippen LogP contribution in [0.15, 0.2) is 12.3 Å². The first-order chi connectivity index (χ1) is 7.99. The monoisotopic (exact) mass is 237 g/mol. The van der Waals surface area contributed by atoms with Crippen LogP contribution in [0, 0.1) is 11.8 Å². The third kappa shape index (κ3) is 2.15. The summed E-state index contributed by atoms with van der Waals surface area (Å²) in [4.78, 5) is 24.3. The maximum absolute atomic E-state index is 11.9. The lowest BCUT2D eigenvalue weighted by atomic mass is 9.87. The van der Waals surface area contributed by atoms with Crippen LogP contribution in [0.1, 0.15) is 17.4 Å². The molecule has 0 radical (unpaired) electrons. The molecule has 0 aromatic carbocycles. The predicted molar refractivity (Wildman–Crippen MR) is 59.4 cm³/mol. The summed E-state index contributed by atoms with van der Waals surface area (Å²) in [6.45, 7) is 2.68. The Kier molecular flexibility index (Phi) is 2.87.